The molecule has 0 aliphatic rings. The lowest BCUT2D eigenvalue weighted by Crippen LogP contribution is -2.18. The highest BCUT2D eigenvalue weighted by atomic mass is 16.6. The Bertz CT molecular complexity index is 978. The Morgan fingerprint density at radius 2 is 2.04 bits per heavy atom. The lowest BCUT2D eigenvalue weighted by Gasteiger charge is -2.01. The summed E-state index contributed by atoms with van der Waals surface area (Å²) in [7, 11) is 0. The van der Waals surface area contributed by atoms with Gasteiger partial charge in [-0.05, 0) is 36.8 Å². The zero-order chi connectivity index (χ0) is 18.5. The summed E-state index contributed by atoms with van der Waals surface area (Å²) in [6.07, 6.45) is 4.44. The number of nitrogens with zero attached hydrogens (tertiary/aromatic N) is 5. The zero-order valence-corrected chi connectivity index (χ0v) is 13.7. The Morgan fingerprint density at radius 1 is 1.27 bits per heavy atom. The van der Waals surface area contributed by atoms with Crippen LogP contribution in [0.5, 0.6) is 0 Å². The van der Waals surface area contributed by atoms with Gasteiger partial charge >= 0.3 is 0 Å². The second kappa shape index (κ2) is 7.34. The van der Waals surface area contributed by atoms with Crippen molar-refractivity contribution in [3.05, 3.63) is 82.1 Å². The van der Waals surface area contributed by atoms with E-state index in [4.69, 9.17) is 0 Å². The minimum atomic E-state index is -0.484. The number of amides is 1. The van der Waals surface area contributed by atoms with E-state index in [9.17, 15) is 14.9 Å². The van der Waals surface area contributed by atoms with Gasteiger partial charge in [0.2, 0.25) is 0 Å². The first-order chi connectivity index (χ1) is 12.5. The van der Waals surface area contributed by atoms with Gasteiger partial charge in [-0.25, -0.2) is 15.4 Å². The molecule has 0 bridgehead atoms. The van der Waals surface area contributed by atoms with E-state index in [1.165, 1.54) is 36.8 Å². The molecule has 0 radical (unpaired) electrons. The molecule has 26 heavy (non-hydrogen) atoms. The maximum Gasteiger partial charge on any atom is 0.291 e. The number of nitro benzene ring substituents is 1. The van der Waals surface area contributed by atoms with Crippen molar-refractivity contribution in [1.29, 1.82) is 0 Å². The summed E-state index contributed by atoms with van der Waals surface area (Å²) < 4.78 is 1.64. The van der Waals surface area contributed by atoms with Crippen LogP contribution in [0.4, 0.5) is 5.69 Å². The molecule has 2 heterocycles. The number of non-ortho nitro benzene ring substituents is 1. The van der Waals surface area contributed by atoms with Crippen LogP contribution < -0.4 is 5.43 Å². The van der Waals surface area contributed by atoms with Crippen molar-refractivity contribution in [2.45, 2.75) is 6.92 Å². The number of hydrazone groups is 1. The molecule has 0 aliphatic carbocycles. The summed E-state index contributed by atoms with van der Waals surface area (Å²) >= 11 is 0. The highest BCUT2D eigenvalue weighted by Crippen LogP contribution is 2.10. The van der Waals surface area contributed by atoms with Crippen LogP contribution in [-0.4, -0.2) is 31.6 Å². The Labute approximate surface area is 148 Å². The summed E-state index contributed by atoms with van der Waals surface area (Å²) in [5.74, 6) is 0.181. The molecule has 0 atom stereocenters. The predicted octanol–water partition coefficient (Wildman–Crippen LogP) is 2.25. The summed E-state index contributed by atoms with van der Waals surface area (Å²) in [5.41, 5.74) is 4.01. The third kappa shape index (κ3) is 3.96. The molecule has 2 aromatic heterocycles. The molecule has 0 spiro atoms. The molecule has 0 aliphatic heterocycles. The number of benzene rings is 1. The second-order valence-corrected chi connectivity index (χ2v) is 5.35. The van der Waals surface area contributed by atoms with Crippen LogP contribution in [0.2, 0.25) is 0 Å². The van der Waals surface area contributed by atoms with E-state index in [0.717, 1.165) is 5.69 Å². The predicted molar refractivity (Wildman–Crippen MR) is 94.3 cm³/mol. The van der Waals surface area contributed by atoms with E-state index in [2.05, 4.69) is 20.5 Å². The lowest BCUT2D eigenvalue weighted by molar-refractivity contribution is -0.384. The van der Waals surface area contributed by atoms with Gasteiger partial charge in [-0.15, -0.1) is 0 Å². The van der Waals surface area contributed by atoms with Gasteiger partial charge in [0.05, 0.1) is 11.1 Å². The SMILES string of the molecule is Cc1cccc(-n2cnc(C(=O)N/N=C\c3ccc([N+](=O)[O-])cc3)c2)n1. The molecule has 3 rings (SSSR count). The first-order valence-electron chi connectivity index (χ1n) is 7.59. The van der Waals surface area contributed by atoms with Crippen LogP contribution in [0.25, 0.3) is 5.82 Å². The molecule has 130 valence electrons. The summed E-state index contributed by atoms with van der Waals surface area (Å²) in [6.45, 7) is 1.88. The first kappa shape index (κ1) is 17.0. The highest BCUT2D eigenvalue weighted by Gasteiger charge is 2.10. The third-order valence-corrected chi connectivity index (χ3v) is 3.44. The number of hydrogen-bond donors (Lipinski definition) is 1. The second-order valence-electron chi connectivity index (χ2n) is 5.35. The van der Waals surface area contributed by atoms with Gasteiger partial charge in [0.25, 0.3) is 11.6 Å². The van der Waals surface area contributed by atoms with Crippen LogP contribution in [0.15, 0.2) is 60.1 Å². The minimum Gasteiger partial charge on any atom is -0.290 e. The number of rotatable bonds is 5. The first-order valence-corrected chi connectivity index (χ1v) is 7.59. The smallest absolute Gasteiger partial charge is 0.290 e. The lowest BCUT2D eigenvalue weighted by atomic mass is 10.2. The molecule has 0 fully saturated rings. The number of nitro groups is 1. The standard InChI is InChI=1S/C17H14N6O3/c1-12-3-2-4-16(20-12)22-10-15(18-11-22)17(24)21-19-9-13-5-7-14(8-6-13)23(25)26/h2-11H,1H3,(H,21,24)/b19-9-. The maximum atomic E-state index is 12.1. The number of imidazole rings is 1. The van der Waals surface area contributed by atoms with Gasteiger partial charge in [0.1, 0.15) is 17.8 Å². The van der Waals surface area contributed by atoms with Crippen LogP contribution in [0, 0.1) is 17.0 Å². The van der Waals surface area contributed by atoms with Gasteiger partial charge in [0, 0.05) is 24.0 Å². The summed E-state index contributed by atoms with van der Waals surface area (Å²) in [5, 5.41) is 14.4. The van der Waals surface area contributed by atoms with Gasteiger partial charge < -0.3 is 0 Å². The number of carbonyl (C=O) groups excluding carboxylic acids is 1. The van der Waals surface area contributed by atoms with Crippen molar-refractivity contribution in [3.63, 3.8) is 0 Å². The van der Waals surface area contributed by atoms with E-state index >= 15 is 0 Å². The van der Waals surface area contributed by atoms with E-state index < -0.39 is 10.8 Å². The molecule has 9 nitrogen and oxygen atoms in total. The Balaban J connectivity index is 1.64. The Hall–Kier alpha value is -3.88. The molecule has 0 saturated heterocycles. The monoisotopic (exact) mass is 350 g/mol. The molecular weight excluding hydrogens is 336 g/mol. The van der Waals surface area contributed by atoms with E-state index in [1.807, 2.05) is 25.1 Å². The fourth-order valence-corrected chi connectivity index (χ4v) is 2.14. The van der Waals surface area contributed by atoms with E-state index in [1.54, 1.807) is 10.8 Å². The zero-order valence-electron chi connectivity index (χ0n) is 13.7. The van der Waals surface area contributed by atoms with Gasteiger partial charge in [-0.1, -0.05) is 6.07 Å². The Kier molecular flexibility index (Phi) is 4.79. The molecular formula is C17H14N6O3. The van der Waals surface area contributed by atoms with Crippen molar-refractivity contribution in [1.82, 2.24) is 20.0 Å². The number of aryl methyl sites for hydroxylation is 1. The van der Waals surface area contributed by atoms with Crippen molar-refractivity contribution >= 4 is 17.8 Å². The van der Waals surface area contributed by atoms with Gasteiger partial charge in [-0.2, -0.15) is 5.10 Å². The molecule has 0 saturated carbocycles. The number of aromatic nitrogens is 3. The number of pyridine rings is 1. The van der Waals surface area contributed by atoms with Crippen LogP contribution in [-0.2, 0) is 0 Å². The van der Waals surface area contributed by atoms with Crippen molar-refractivity contribution in [2.24, 2.45) is 5.10 Å². The summed E-state index contributed by atoms with van der Waals surface area (Å²) in [4.78, 5) is 30.6. The fourth-order valence-electron chi connectivity index (χ4n) is 2.14. The largest absolute Gasteiger partial charge is 0.291 e. The van der Waals surface area contributed by atoms with Crippen molar-refractivity contribution < 1.29 is 9.72 Å². The van der Waals surface area contributed by atoms with Gasteiger partial charge in [0.15, 0.2) is 0 Å². The number of nitrogens with one attached hydrogen (secondary N) is 1. The average Bonchev–Trinajstić information content (AvgIpc) is 3.12. The highest BCUT2D eigenvalue weighted by molar-refractivity contribution is 5.93. The quantitative estimate of drug-likeness (QED) is 0.430. The van der Waals surface area contributed by atoms with Crippen LogP contribution in [0.3, 0.4) is 0 Å². The molecule has 1 N–H and O–H groups in total. The van der Waals surface area contributed by atoms with Crippen molar-refractivity contribution in [2.75, 3.05) is 0 Å². The maximum absolute atomic E-state index is 12.1. The van der Waals surface area contributed by atoms with Crippen LogP contribution in [0.1, 0.15) is 21.7 Å². The van der Waals surface area contributed by atoms with Crippen LogP contribution >= 0.6 is 0 Å². The van der Waals surface area contributed by atoms with E-state index in [-0.39, 0.29) is 11.4 Å². The molecule has 9 heteroatoms. The van der Waals surface area contributed by atoms with E-state index in [0.29, 0.717) is 11.4 Å². The summed E-state index contributed by atoms with van der Waals surface area (Å²) in [6, 6.07) is 11.3. The molecule has 3 aromatic rings. The average molecular weight is 350 g/mol. The van der Waals surface area contributed by atoms with Gasteiger partial charge in [-0.3, -0.25) is 19.5 Å². The normalized spacial score (nSPS) is 10.8. The molecule has 1 amide bonds. The molecule has 0 unspecified atom stereocenters. The van der Waals surface area contributed by atoms with Crippen molar-refractivity contribution in [3.8, 4) is 5.82 Å². The third-order valence-electron chi connectivity index (χ3n) is 3.44. The number of hydrogen-bond acceptors (Lipinski definition) is 6. The topological polar surface area (TPSA) is 115 Å². The minimum absolute atomic E-state index is 0.0125. The fraction of sp³-hybridized carbons (Fsp3) is 0.0588. The Morgan fingerprint density at radius 3 is 2.73 bits per heavy atom. The number of carbonyl (C=O) groups is 1. The molecule has 1 aromatic carbocycles.